The molecule has 0 aliphatic carbocycles. The number of nitrogens with two attached hydrogens (primary N) is 1. The molecule has 0 spiro atoms. The maximum atomic E-state index is 13.6. The summed E-state index contributed by atoms with van der Waals surface area (Å²) in [5.74, 6) is 1.79. The molecule has 0 saturated heterocycles. The number of benzene rings is 2. The highest BCUT2D eigenvalue weighted by Crippen LogP contribution is 2.25. The van der Waals surface area contributed by atoms with Crippen LogP contribution in [-0.2, 0) is 13.1 Å². The van der Waals surface area contributed by atoms with Crippen LogP contribution in [-0.4, -0.2) is 40.4 Å². The molecule has 10 heteroatoms. The van der Waals surface area contributed by atoms with Gasteiger partial charge in [-0.25, -0.2) is 19.1 Å². The van der Waals surface area contributed by atoms with Gasteiger partial charge in [0.2, 0.25) is 5.95 Å². The van der Waals surface area contributed by atoms with Gasteiger partial charge in [-0.3, -0.25) is 4.57 Å². The van der Waals surface area contributed by atoms with Gasteiger partial charge >= 0.3 is 11.4 Å². The molecule has 0 radical (unpaired) electrons. The zero-order valence-corrected chi connectivity index (χ0v) is 19.7. The van der Waals surface area contributed by atoms with E-state index in [4.69, 9.17) is 15.2 Å². The van der Waals surface area contributed by atoms with E-state index >= 15 is 0 Å². The van der Waals surface area contributed by atoms with Crippen LogP contribution in [0.25, 0.3) is 0 Å². The summed E-state index contributed by atoms with van der Waals surface area (Å²) in [7, 11) is 4.85. The van der Waals surface area contributed by atoms with E-state index < -0.39 is 11.4 Å². The maximum absolute atomic E-state index is 13.6. The molecule has 0 aliphatic rings. The zero-order valence-electron chi connectivity index (χ0n) is 19.7. The highest BCUT2D eigenvalue weighted by atomic mass is 16.5. The molecule has 0 atom stereocenters. The van der Waals surface area contributed by atoms with Crippen LogP contribution in [0.1, 0.15) is 11.1 Å². The molecule has 2 aromatic heterocycles. The van der Waals surface area contributed by atoms with E-state index in [1.165, 1.54) is 4.57 Å². The SMILES string of the molecule is COc1ccc(Cn2c(N(C)c3cccnc3N)nc(=O)n(Cc3ccc(OC)cc3)c2=O)cc1. The van der Waals surface area contributed by atoms with Gasteiger partial charge in [0, 0.05) is 13.2 Å². The van der Waals surface area contributed by atoms with Crippen molar-refractivity contribution in [3.63, 3.8) is 0 Å². The number of anilines is 3. The summed E-state index contributed by atoms with van der Waals surface area (Å²) in [6, 6.07) is 17.9. The lowest BCUT2D eigenvalue weighted by atomic mass is 10.2. The second-order valence-corrected chi connectivity index (χ2v) is 7.81. The smallest absolute Gasteiger partial charge is 0.355 e. The van der Waals surface area contributed by atoms with Gasteiger partial charge in [0.15, 0.2) is 0 Å². The Morgan fingerprint density at radius 3 is 1.91 bits per heavy atom. The first-order chi connectivity index (χ1) is 16.9. The van der Waals surface area contributed by atoms with Crippen LogP contribution in [0, 0.1) is 0 Å². The van der Waals surface area contributed by atoms with Crippen LogP contribution in [0.15, 0.2) is 76.4 Å². The van der Waals surface area contributed by atoms with Crippen molar-refractivity contribution in [1.82, 2.24) is 19.1 Å². The standard InChI is InChI=1S/C25H26N6O4/c1-29(21-5-4-14-27-22(21)26)23-28-24(32)31(16-18-8-12-20(35-3)13-9-18)25(33)30(23)15-17-6-10-19(34-2)11-7-17/h4-14H,15-16H2,1-3H3,(H2,26,27). The lowest BCUT2D eigenvalue weighted by Crippen LogP contribution is -2.44. The molecule has 2 N–H and O–H groups in total. The Labute approximate surface area is 201 Å². The predicted octanol–water partition coefficient (Wildman–Crippen LogP) is 2.26. The van der Waals surface area contributed by atoms with Crippen molar-refractivity contribution in [2.45, 2.75) is 13.1 Å². The minimum Gasteiger partial charge on any atom is -0.497 e. The van der Waals surface area contributed by atoms with Gasteiger partial charge in [0.25, 0.3) is 0 Å². The van der Waals surface area contributed by atoms with Crippen molar-refractivity contribution in [3.05, 3.63) is 99.0 Å². The zero-order chi connectivity index (χ0) is 24.9. The summed E-state index contributed by atoms with van der Waals surface area (Å²) >= 11 is 0. The first kappa shape index (κ1) is 23.6. The molecule has 0 fully saturated rings. The third kappa shape index (κ3) is 5.01. The molecule has 2 aromatic carbocycles. The van der Waals surface area contributed by atoms with Gasteiger partial charge in [0.05, 0.1) is 33.0 Å². The number of pyridine rings is 1. The second kappa shape index (κ2) is 10.1. The molecule has 0 amide bonds. The number of nitrogens with zero attached hydrogens (tertiary/aromatic N) is 5. The summed E-state index contributed by atoms with van der Waals surface area (Å²) in [5, 5.41) is 0. The van der Waals surface area contributed by atoms with Crippen LogP contribution >= 0.6 is 0 Å². The average molecular weight is 475 g/mol. The Morgan fingerprint density at radius 2 is 1.40 bits per heavy atom. The van der Waals surface area contributed by atoms with Crippen molar-refractivity contribution in [2.75, 3.05) is 31.9 Å². The molecule has 4 rings (SSSR count). The van der Waals surface area contributed by atoms with Crippen molar-refractivity contribution in [2.24, 2.45) is 0 Å². The third-order valence-corrected chi connectivity index (χ3v) is 5.61. The Balaban J connectivity index is 1.82. The van der Waals surface area contributed by atoms with Gasteiger partial charge in [-0.1, -0.05) is 24.3 Å². The molecular weight excluding hydrogens is 448 g/mol. The van der Waals surface area contributed by atoms with Gasteiger partial charge in [-0.2, -0.15) is 4.98 Å². The van der Waals surface area contributed by atoms with Crippen molar-refractivity contribution in [1.29, 1.82) is 0 Å². The molecule has 35 heavy (non-hydrogen) atoms. The predicted molar refractivity (Wildman–Crippen MR) is 134 cm³/mol. The van der Waals surface area contributed by atoms with Crippen molar-refractivity contribution < 1.29 is 9.47 Å². The number of methoxy groups -OCH3 is 2. The highest BCUT2D eigenvalue weighted by molar-refractivity contribution is 5.68. The summed E-state index contributed by atoms with van der Waals surface area (Å²) in [6.45, 7) is 0.245. The van der Waals surface area contributed by atoms with Gasteiger partial charge < -0.3 is 20.1 Å². The Bertz CT molecular complexity index is 1430. The van der Waals surface area contributed by atoms with Crippen LogP contribution in [0.4, 0.5) is 17.5 Å². The van der Waals surface area contributed by atoms with E-state index in [0.717, 1.165) is 15.7 Å². The molecule has 0 saturated carbocycles. The molecule has 10 nitrogen and oxygen atoms in total. The monoisotopic (exact) mass is 474 g/mol. The minimum absolute atomic E-state index is 0.0658. The number of ether oxygens (including phenoxy) is 2. The number of hydrogen-bond acceptors (Lipinski definition) is 8. The fraction of sp³-hybridized carbons (Fsp3) is 0.200. The molecular formula is C25H26N6O4. The van der Waals surface area contributed by atoms with Crippen LogP contribution in [0.2, 0.25) is 0 Å². The summed E-state index contributed by atoms with van der Waals surface area (Å²) < 4.78 is 13.0. The number of hydrogen-bond donors (Lipinski definition) is 1. The van der Waals surface area contributed by atoms with E-state index in [1.54, 1.807) is 68.8 Å². The molecule has 0 bridgehead atoms. The molecule has 4 aromatic rings. The van der Waals surface area contributed by atoms with E-state index in [-0.39, 0.29) is 24.9 Å². The number of nitrogen functional groups attached to an aromatic ring is 1. The van der Waals surface area contributed by atoms with Crippen molar-refractivity contribution >= 4 is 17.5 Å². The Morgan fingerprint density at radius 1 is 0.857 bits per heavy atom. The highest BCUT2D eigenvalue weighted by Gasteiger charge is 2.19. The average Bonchev–Trinajstić information content (AvgIpc) is 2.88. The number of aromatic nitrogens is 4. The second-order valence-electron chi connectivity index (χ2n) is 7.81. The topological polar surface area (TPSA) is 118 Å². The van der Waals surface area contributed by atoms with Crippen LogP contribution < -0.4 is 31.5 Å². The van der Waals surface area contributed by atoms with Crippen LogP contribution in [0.5, 0.6) is 11.5 Å². The van der Waals surface area contributed by atoms with Gasteiger partial charge in [-0.15, -0.1) is 0 Å². The summed E-state index contributed by atoms with van der Waals surface area (Å²) in [4.78, 5) is 36.6. The van der Waals surface area contributed by atoms with Crippen LogP contribution in [0.3, 0.4) is 0 Å². The lowest BCUT2D eigenvalue weighted by molar-refractivity contribution is 0.414. The van der Waals surface area contributed by atoms with Gasteiger partial charge in [0.1, 0.15) is 17.3 Å². The fourth-order valence-corrected chi connectivity index (χ4v) is 3.68. The first-order valence-electron chi connectivity index (χ1n) is 10.8. The van der Waals surface area contributed by atoms with E-state index in [2.05, 4.69) is 9.97 Å². The molecule has 0 aliphatic heterocycles. The van der Waals surface area contributed by atoms with E-state index in [0.29, 0.717) is 17.2 Å². The quantitative estimate of drug-likeness (QED) is 0.413. The molecule has 0 unspecified atom stereocenters. The first-order valence-corrected chi connectivity index (χ1v) is 10.8. The maximum Gasteiger partial charge on any atom is 0.355 e. The Kier molecular flexibility index (Phi) is 6.81. The lowest BCUT2D eigenvalue weighted by Gasteiger charge is -2.23. The third-order valence-electron chi connectivity index (χ3n) is 5.61. The van der Waals surface area contributed by atoms with Gasteiger partial charge in [-0.05, 0) is 47.5 Å². The minimum atomic E-state index is -0.666. The molecule has 180 valence electrons. The Hall–Kier alpha value is -4.60. The fourth-order valence-electron chi connectivity index (χ4n) is 3.68. The van der Waals surface area contributed by atoms with E-state index in [1.807, 2.05) is 24.3 Å². The largest absolute Gasteiger partial charge is 0.497 e. The van der Waals surface area contributed by atoms with E-state index in [9.17, 15) is 9.59 Å². The number of rotatable bonds is 8. The summed E-state index contributed by atoms with van der Waals surface area (Å²) in [5.41, 5.74) is 7.00. The molecule has 2 heterocycles. The summed E-state index contributed by atoms with van der Waals surface area (Å²) in [6.07, 6.45) is 1.57. The van der Waals surface area contributed by atoms with Crippen molar-refractivity contribution in [3.8, 4) is 11.5 Å². The normalized spacial score (nSPS) is 10.7.